The van der Waals surface area contributed by atoms with Crippen LogP contribution in [0, 0.1) is 6.92 Å². The molecule has 1 fully saturated rings. The van der Waals surface area contributed by atoms with Crippen molar-refractivity contribution < 1.29 is 20.1 Å². The summed E-state index contributed by atoms with van der Waals surface area (Å²) < 4.78 is 7.55. The molecule has 3 N–H and O–H groups in total. The fourth-order valence-electron chi connectivity index (χ4n) is 3.45. The largest absolute Gasteiger partial charge is 0.387 e. The van der Waals surface area contributed by atoms with Crippen molar-refractivity contribution >= 4 is 22.6 Å². The third-order valence-corrected chi connectivity index (χ3v) is 5.12. The van der Waals surface area contributed by atoms with Gasteiger partial charge in [0.1, 0.15) is 30.1 Å². The molecule has 2 aromatic heterocycles. The molecule has 0 saturated carbocycles. The molecule has 0 spiro atoms. The molecule has 7 heteroatoms. The summed E-state index contributed by atoms with van der Waals surface area (Å²) in [4.78, 5) is 4.36. The fourth-order valence-corrected chi connectivity index (χ4v) is 3.65. The molecular formula is C19H19ClN2O4. The lowest BCUT2D eigenvalue weighted by Gasteiger charge is -2.21. The zero-order valence-corrected chi connectivity index (χ0v) is 14.8. The Balaban J connectivity index is 1.66. The Bertz CT molecular complexity index is 944. The molecule has 26 heavy (non-hydrogen) atoms. The van der Waals surface area contributed by atoms with Crippen LogP contribution in [0.1, 0.15) is 23.5 Å². The van der Waals surface area contributed by atoms with E-state index in [-0.39, 0.29) is 0 Å². The maximum absolute atomic E-state index is 10.6. The number of rotatable bonds is 3. The summed E-state index contributed by atoms with van der Waals surface area (Å²) in [5.41, 5.74) is 2.22. The number of hydrogen-bond donors (Lipinski definition) is 3. The van der Waals surface area contributed by atoms with Gasteiger partial charge in [0.15, 0.2) is 6.23 Å². The Kier molecular flexibility index (Phi) is 4.46. The van der Waals surface area contributed by atoms with Gasteiger partial charge >= 0.3 is 0 Å². The lowest BCUT2D eigenvalue weighted by Crippen LogP contribution is -2.34. The number of aryl methyl sites for hydroxylation is 1. The zero-order valence-electron chi connectivity index (χ0n) is 14.0. The molecule has 1 aliphatic heterocycles. The Morgan fingerprint density at radius 3 is 2.77 bits per heavy atom. The Labute approximate surface area is 155 Å². The smallest absolute Gasteiger partial charge is 0.164 e. The van der Waals surface area contributed by atoms with Gasteiger partial charge in [-0.3, -0.25) is 0 Å². The summed E-state index contributed by atoms with van der Waals surface area (Å²) in [6.07, 6.45) is -1.97. The number of aliphatic hydroxyl groups is 3. The summed E-state index contributed by atoms with van der Waals surface area (Å²) in [6.45, 7) is 1.97. The number of pyridine rings is 1. The number of aliphatic hydroxyl groups excluding tert-OH is 3. The van der Waals surface area contributed by atoms with E-state index >= 15 is 0 Å². The quantitative estimate of drug-likeness (QED) is 0.655. The van der Waals surface area contributed by atoms with Gasteiger partial charge in [-0.15, -0.1) is 0 Å². The Morgan fingerprint density at radius 1 is 1.19 bits per heavy atom. The van der Waals surface area contributed by atoms with Gasteiger partial charge in [-0.25, -0.2) is 4.98 Å². The molecule has 4 rings (SSSR count). The first-order chi connectivity index (χ1) is 12.5. The number of nitrogens with zero attached hydrogens (tertiary/aromatic N) is 2. The number of aromatic nitrogens is 2. The lowest BCUT2D eigenvalue weighted by atomic mass is 9.99. The minimum Gasteiger partial charge on any atom is -0.387 e. The minimum atomic E-state index is -1.25. The van der Waals surface area contributed by atoms with Crippen molar-refractivity contribution in [1.82, 2.24) is 9.55 Å². The predicted molar refractivity (Wildman–Crippen MR) is 96.8 cm³/mol. The monoisotopic (exact) mass is 374 g/mol. The summed E-state index contributed by atoms with van der Waals surface area (Å²) in [6, 6.07) is 10.5. The third kappa shape index (κ3) is 2.80. The van der Waals surface area contributed by atoms with E-state index in [1.165, 1.54) is 0 Å². The average Bonchev–Trinajstić information content (AvgIpc) is 3.18. The molecule has 1 aromatic carbocycles. The van der Waals surface area contributed by atoms with Gasteiger partial charge in [-0.1, -0.05) is 23.7 Å². The van der Waals surface area contributed by atoms with Crippen molar-refractivity contribution in [2.45, 2.75) is 37.6 Å². The van der Waals surface area contributed by atoms with Crippen molar-refractivity contribution in [2.24, 2.45) is 0 Å². The van der Waals surface area contributed by atoms with E-state index in [1.54, 1.807) is 41.2 Å². The number of fused-ring (bicyclic) bond motifs is 1. The van der Waals surface area contributed by atoms with Crippen molar-refractivity contribution in [3.8, 4) is 0 Å². The van der Waals surface area contributed by atoms with Crippen LogP contribution in [-0.4, -0.2) is 43.2 Å². The van der Waals surface area contributed by atoms with Crippen LogP contribution in [0.2, 0.25) is 5.02 Å². The molecule has 136 valence electrons. The zero-order chi connectivity index (χ0) is 18.4. The highest BCUT2D eigenvalue weighted by Crippen LogP contribution is 2.38. The first kappa shape index (κ1) is 17.5. The van der Waals surface area contributed by atoms with Crippen LogP contribution in [0.5, 0.6) is 0 Å². The molecule has 1 aliphatic rings. The molecule has 6 nitrogen and oxygen atoms in total. The maximum Gasteiger partial charge on any atom is 0.164 e. The highest BCUT2D eigenvalue weighted by atomic mass is 35.5. The molecule has 3 heterocycles. The van der Waals surface area contributed by atoms with Crippen LogP contribution < -0.4 is 0 Å². The van der Waals surface area contributed by atoms with E-state index < -0.39 is 30.6 Å². The normalized spacial score (nSPS) is 27.1. The van der Waals surface area contributed by atoms with Crippen molar-refractivity contribution in [3.63, 3.8) is 0 Å². The standard InChI is InChI=1S/C19H19ClN2O4/c1-10-5-7-21-18-13(10)6-8-22(18)19-16(25)15(24)17(26-19)14(23)11-3-2-4-12(20)9-11/h2-9,14-17,19,23-25H,1H3. The number of hydrogen-bond acceptors (Lipinski definition) is 5. The molecule has 5 atom stereocenters. The van der Waals surface area contributed by atoms with E-state index in [9.17, 15) is 15.3 Å². The molecule has 0 bridgehead atoms. The SMILES string of the molecule is Cc1ccnc2c1ccn2C1OC(C(O)c2cccc(Cl)c2)C(O)C1O. The maximum atomic E-state index is 10.6. The minimum absolute atomic E-state index is 0.474. The highest BCUT2D eigenvalue weighted by molar-refractivity contribution is 6.30. The van der Waals surface area contributed by atoms with Crippen molar-refractivity contribution in [1.29, 1.82) is 0 Å². The van der Waals surface area contributed by atoms with Gasteiger partial charge in [-0.2, -0.15) is 0 Å². The summed E-state index contributed by atoms with van der Waals surface area (Å²) >= 11 is 5.97. The molecule has 0 aliphatic carbocycles. The summed E-state index contributed by atoms with van der Waals surface area (Å²) in [7, 11) is 0. The molecular weight excluding hydrogens is 356 g/mol. The van der Waals surface area contributed by atoms with Crippen molar-refractivity contribution in [2.75, 3.05) is 0 Å². The third-order valence-electron chi connectivity index (χ3n) is 4.88. The van der Waals surface area contributed by atoms with Crippen LogP contribution in [-0.2, 0) is 4.74 Å². The number of halogens is 1. The van der Waals surface area contributed by atoms with Gasteiger partial charge in [0.05, 0.1) is 0 Å². The van der Waals surface area contributed by atoms with Crippen LogP contribution in [0.3, 0.4) is 0 Å². The van der Waals surface area contributed by atoms with E-state index in [0.717, 1.165) is 10.9 Å². The van der Waals surface area contributed by atoms with E-state index in [4.69, 9.17) is 16.3 Å². The van der Waals surface area contributed by atoms with Crippen LogP contribution >= 0.6 is 11.6 Å². The number of ether oxygens (including phenoxy) is 1. The fraction of sp³-hybridized carbons (Fsp3) is 0.316. The molecule has 1 saturated heterocycles. The van der Waals surface area contributed by atoms with Gasteiger partial charge in [0, 0.05) is 22.8 Å². The van der Waals surface area contributed by atoms with E-state index in [1.807, 2.05) is 19.1 Å². The van der Waals surface area contributed by atoms with Crippen LogP contribution in [0.15, 0.2) is 48.8 Å². The van der Waals surface area contributed by atoms with Gasteiger partial charge in [0.25, 0.3) is 0 Å². The van der Waals surface area contributed by atoms with E-state index in [2.05, 4.69) is 4.98 Å². The lowest BCUT2D eigenvalue weighted by molar-refractivity contribution is -0.0848. The Morgan fingerprint density at radius 2 is 2.00 bits per heavy atom. The molecule has 5 unspecified atom stereocenters. The predicted octanol–water partition coefficient (Wildman–Crippen LogP) is 2.35. The second kappa shape index (κ2) is 6.64. The second-order valence-corrected chi connectivity index (χ2v) is 7.00. The Hall–Kier alpha value is -1.96. The highest BCUT2D eigenvalue weighted by Gasteiger charge is 2.47. The molecule has 0 radical (unpaired) electrons. The van der Waals surface area contributed by atoms with Crippen LogP contribution in [0.4, 0.5) is 0 Å². The summed E-state index contributed by atoms with van der Waals surface area (Å²) in [5, 5.41) is 33.0. The van der Waals surface area contributed by atoms with Gasteiger partial charge < -0.3 is 24.6 Å². The van der Waals surface area contributed by atoms with Gasteiger partial charge in [0.2, 0.25) is 0 Å². The first-order valence-corrected chi connectivity index (χ1v) is 8.72. The van der Waals surface area contributed by atoms with Crippen molar-refractivity contribution in [3.05, 3.63) is 64.9 Å². The van der Waals surface area contributed by atoms with E-state index in [0.29, 0.717) is 16.2 Å². The average molecular weight is 375 g/mol. The summed E-state index contributed by atoms with van der Waals surface area (Å²) in [5.74, 6) is 0. The first-order valence-electron chi connectivity index (χ1n) is 8.34. The second-order valence-electron chi connectivity index (χ2n) is 6.56. The number of benzene rings is 1. The molecule has 3 aromatic rings. The molecule has 0 amide bonds. The van der Waals surface area contributed by atoms with Gasteiger partial charge in [-0.05, 0) is 42.3 Å². The topological polar surface area (TPSA) is 87.7 Å². The van der Waals surface area contributed by atoms with Crippen LogP contribution in [0.25, 0.3) is 11.0 Å².